The fourth-order valence-corrected chi connectivity index (χ4v) is 4.82. The van der Waals surface area contributed by atoms with Gasteiger partial charge in [-0.2, -0.15) is 5.10 Å². The molecule has 0 bridgehead atoms. The fraction of sp³-hybridized carbons (Fsp3) is 0.222. The molecule has 2 amide bonds. The maximum absolute atomic E-state index is 13.5. The molecule has 3 aromatic carbocycles. The zero-order chi connectivity index (χ0) is 27.0. The number of rotatable bonds is 10. The van der Waals surface area contributed by atoms with E-state index in [1.54, 1.807) is 67.6 Å². The smallest absolute Gasteiger partial charge is 0.264 e. The van der Waals surface area contributed by atoms with Gasteiger partial charge in [-0.25, -0.2) is 13.8 Å². The summed E-state index contributed by atoms with van der Waals surface area (Å²) in [5.41, 5.74) is 5.63. The van der Waals surface area contributed by atoms with Crippen molar-refractivity contribution in [1.29, 1.82) is 0 Å². The lowest BCUT2D eigenvalue weighted by molar-refractivity contribution is -0.119. The molecule has 0 radical (unpaired) electrons. The van der Waals surface area contributed by atoms with Crippen molar-refractivity contribution in [3.63, 3.8) is 0 Å². The summed E-state index contributed by atoms with van der Waals surface area (Å²) in [5.74, 6) is -0.232. The van der Waals surface area contributed by atoms with Crippen molar-refractivity contribution in [1.82, 2.24) is 5.43 Å². The lowest BCUT2D eigenvalue weighted by Gasteiger charge is -2.24. The predicted octanol–water partition coefficient (Wildman–Crippen LogP) is 4.09. The first-order valence-corrected chi connectivity index (χ1v) is 13.1. The summed E-state index contributed by atoms with van der Waals surface area (Å²) in [7, 11) is -4.07. The van der Waals surface area contributed by atoms with E-state index in [2.05, 4.69) is 15.8 Å². The van der Waals surface area contributed by atoms with Crippen LogP contribution >= 0.6 is 0 Å². The average Bonchev–Trinajstić information content (AvgIpc) is 2.87. The molecule has 0 unspecified atom stereocenters. The van der Waals surface area contributed by atoms with E-state index in [0.717, 1.165) is 15.4 Å². The Morgan fingerprint density at radius 1 is 0.919 bits per heavy atom. The van der Waals surface area contributed by atoms with Crippen LogP contribution in [0.25, 0.3) is 0 Å². The van der Waals surface area contributed by atoms with E-state index in [1.165, 1.54) is 19.1 Å². The average molecular weight is 523 g/mol. The first-order valence-electron chi connectivity index (χ1n) is 11.6. The van der Waals surface area contributed by atoms with Gasteiger partial charge in [-0.05, 0) is 74.9 Å². The van der Waals surface area contributed by atoms with Crippen LogP contribution in [0.5, 0.6) is 5.75 Å². The minimum Gasteiger partial charge on any atom is -0.494 e. The lowest BCUT2D eigenvalue weighted by atomic mass is 10.1. The van der Waals surface area contributed by atoms with Crippen LogP contribution in [0.2, 0.25) is 0 Å². The van der Waals surface area contributed by atoms with Crippen LogP contribution in [0.4, 0.5) is 11.4 Å². The third kappa shape index (κ3) is 7.40. The topological polar surface area (TPSA) is 117 Å². The van der Waals surface area contributed by atoms with Crippen LogP contribution < -0.4 is 19.8 Å². The minimum atomic E-state index is -4.07. The second-order valence-corrected chi connectivity index (χ2v) is 10.1. The van der Waals surface area contributed by atoms with Gasteiger partial charge in [-0.15, -0.1) is 0 Å². The molecule has 9 nitrogen and oxygen atoms in total. The maximum Gasteiger partial charge on any atom is 0.264 e. The van der Waals surface area contributed by atoms with Gasteiger partial charge in [0.1, 0.15) is 12.3 Å². The summed E-state index contributed by atoms with van der Waals surface area (Å²) >= 11 is 0. The van der Waals surface area contributed by atoms with E-state index in [1.807, 2.05) is 13.8 Å². The van der Waals surface area contributed by atoms with Crippen LogP contribution in [0, 0.1) is 6.92 Å². The number of hydrogen-bond acceptors (Lipinski definition) is 6. The van der Waals surface area contributed by atoms with Gasteiger partial charge in [-0.3, -0.25) is 13.9 Å². The Hall–Kier alpha value is -4.18. The van der Waals surface area contributed by atoms with Gasteiger partial charge in [0.05, 0.1) is 22.9 Å². The van der Waals surface area contributed by atoms with Gasteiger partial charge in [0.25, 0.3) is 15.9 Å². The molecule has 0 spiro atoms. The number of carbonyl (C=O) groups excluding carboxylic acids is 2. The molecule has 0 aliphatic carbocycles. The number of benzene rings is 3. The molecule has 0 atom stereocenters. The maximum atomic E-state index is 13.5. The second-order valence-electron chi connectivity index (χ2n) is 8.24. The minimum absolute atomic E-state index is 0.0308. The SMILES string of the molecule is CCOc1ccc(S(=O)(=O)N(CC(=O)N/N=C(/C)c2ccc(NC(C)=O)cc2)c2ccc(C)cc2)cc1. The van der Waals surface area contributed by atoms with Crippen molar-refractivity contribution in [2.75, 3.05) is 22.8 Å². The van der Waals surface area contributed by atoms with Crippen LogP contribution in [-0.2, 0) is 19.6 Å². The van der Waals surface area contributed by atoms with Gasteiger partial charge in [0.2, 0.25) is 5.91 Å². The number of aryl methyl sites for hydroxylation is 1. The van der Waals surface area contributed by atoms with Crippen molar-refractivity contribution in [3.8, 4) is 5.75 Å². The Bertz CT molecular complexity index is 1370. The van der Waals surface area contributed by atoms with Gasteiger partial charge in [0.15, 0.2) is 0 Å². The van der Waals surface area contributed by atoms with Gasteiger partial charge >= 0.3 is 0 Å². The van der Waals surface area contributed by atoms with Crippen molar-refractivity contribution in [2.45, 2.75) is 32.6 Å². The van der Waals surface area contributed by atoms with Crippen molar-refractivity contribution in [3.05, 3.63) is 83.9 Å². The lowest BCUT2D eigenvalue weighted by Crippen LogP contribution is -2.39. The molecule has 0 fully saturated rings. The molecule has 2 N–H and O–H groups in total. The highest BCUT2D eigenvalue weighted by molar-refractivity contribution is 7.92. The summed E-state index contributed by atoms with van der Waals surface area (Å²) in [6.45, 7) is 6.85. The molecule has 194 valence electrons. The number of sulfonamides is 1. The van der Waals surface area contributed by atoms with Crippen LogP contribution in [-0.4, -0.2) is 39.1 Å². The molecule has 37 heavy (non-hydrogen) atoms. The molecule has 0 heterocycles. The number of ether oxygens (including phenoxy) is 1. The molecule has 0 aliphatic heterocycles. The quantitative estimate of drug-likeness (QED) is 0.307. The van der Waals surface area contributed by atoms with E-state index < -0.39 is 22.5 Å². The highest BCUT2D eigenvalue weighted by atomic mass is 32.2. The molecule has 0 aliphatic rings. The summed E-state index contributed by atoms with van der Waals surface area (Å²) in [4.78, 5) is 24.0. The van der Waals surface area contributed by atoms with Gasteiger partial charge < -0.3 is 10.1 Å². The Labute approximate surface area is 217 Å². The zero-order valence-electron chi connectivity index (χ0n) is 21.2. The van der Waals surface area contributed by atoms with E-state index in [0.29, 0.717) is 29.4 Å². The summed E-state index contributed by atoms with van der Waals surface area (Å²) < 4.78 is 33.5. The number of nitrogens with one attached hydrogen (secondary N) is 2. The molecular formula is C27H30N4O5S. The largest absolute Gasteiger partial charge is 0.494 e. The predicted molar refractivity (Wildman–Crippen MR) is 144 cm³/mol. The Morgan fingerprint density at radius 2 is 1.54 bits per heavy atom. The van der Waals surface area contributed by atoms with E-state index >= 15 is 0 Å². The zero-order valence-corrected chi connectivity index (χ0v) is 22.0. The van der Waals surface area contributed by atoms with E-state index in [4.69, 9.17) is 4.74 Å². The van der Waals surface area contributed by atoms with Crippen LogP contribution in [0.1, 0.15) is 31.9 Å². The standard InChI is InChI=1S/C27H30N4O5S/c1-5-36-25-14-16-26(17-15-25)37(34,35)31(24-12-6-19(2)7-13-24)18-27(33)30-29-20(3)22-8-10-23(11-9-22)28-21(4)32/h6-17H,5,18H2,1-4H3,(H,28,32)(H,30,33)/b29-20-. The molecule has 0 saturated heterocycles. The van der Waals surface area contributed by atoms with Gasteiger partial charge in [0, 0.05) is 12.6 Å². The number of carbonyl (C=O) groups is 2. The second kappa shape index (κ2) is 12.2. The molecular weight excluding hydrogens is 492 g/mol. The monoisotopic (exact) mass is 522 g/mol. The Morgan fingerprint density at radius 3 is 2.11 bits per heavy atom. The first kappa shape index (κ1) is 27.4. The van der Waals surface area contributed by atoms with E-state index in [-0.39, 0.29) is 10.8 Å². The van der Waals surface area contributed by atoms with Crippen molar-refractivity contribution in [2.24, 2.45) is 5.10 Å². The number of hydrogen-bond donors (Lipinski definition) is 2. The van der Waals surface area contributed by atoms with Crippen molar-refractivity contribution < 1.29 is 22.7 Å². The molecule has 3 aromatic rings. The fourth-order valence-electron chi connectivity index (χ4n) is 3.40. The first-order chi connectivity index (χ1) is 17.6. The summed E-state index contributed by atoms with van der Waals surface area (Å²) in [6.07, 6.45) is 0. The molecule has 3 rings (SSSR count). The van der Waals surface area contributed by atoms with E-state index in [9.17, 15) is 18.0 Å². The van der Waals surface area contributed by atoms with Gasteiger partial charge in [-0.1, -0.05) is 29.8 Å². The molecule has 0 aromatic heterocycles. The third-order valence-electron chi connectivity index (χ3n) is 5.30. The molecule has 0 saturated carbocycles. The normalized spacial score (nSPS) is 11.5. The third-order valence-corrected chi connectivity index (χ3v) is 7.09. The van der Waals surface area contributed by atoms with Crippen LogP contribution in [0.3, 0.4) is 0 Å². The number of nitrogens with zero attached hydrogens (tertiary/aromatic N) is 2. The highest BCUT2D eigenvalue weighted by Crippen LogP contribution is 2.25. The highest BCUT2D eigenvalue weighted by Gasteiger charge is 2.27. The number of hydrazone groups is 1. The Kier molecular flexibility index (Phi) is 9.02. The summed E-state index contributed by atoms with van der Waals surface area (Å²) in [6, 6.07) is 19.9. The van der Waals surface area contributed by atoms with Crippen molar-refractivity contribution >= 4 is 38.9 Å². The molecule has 10 heteroatoms. The number of amides is 2. The Balaban J connectivity index is 1.81. The number of anilines is 2. The summed E-state index contributed by atoms with van der Waals surface area (Å²) in [5, 5.41) is 6.81. The van der Waals surface area contributed by atoms with Crippen LogP contribution in [0.15, 0.2) is 82.8 Å².